The first kappa shape index (κ1) is 7.51. The van der Waals surface area contributed by atoms with Crippen molar-refractivity contribution in [3.8, 4) is 11.3 Å². The van der Waals surface area contributed by atoms with Gasteiger partial charge in [0.15, 0.2) is 0 Å². The molecule has 0 N–H and O–H groups in total. The van der Waals surface area contributed by atoms with E-state index >= 15 is 0 Å². The molecule has 12 heavy (non-hydrogen) atoms. The molecular formula is C9H9N2P. The van der Waals surface area contributed by atoms with Gasteiger partial charge in [0.1, 0.15) is 0 Å². The van der Waals surface area contributed by atoms with Crippen molar-refractivity contribution in [1.82, 2.24) is 9.49 Å². The minimum atomic E-state index is 0.369. The zero-order valence-electron chi connectivity index (χ0n) is 6.78. The van der Waals surface area contributed by atoms with E-state index in [4.69, 9.17) is 0 Å². The van der Waals surface area contributed by atoms with E-state index in [9.17, 15) is 0 Å². The molecule has 2 rings (SSSR count). The molecule has 1 heterocycles. The van der Waals surface area contributed by atoms with Crippen LogP contribution in [0, 0.1) is 6.92 Å². The average molecular weight is 176 g/mol. The first-order valence-electron chi connectivity index (χ1n) is 3.79. The summed E-state index contributed by atoms with van der Waals surface area (Å²) in [6.07, 6.45) is 1.84. The van der Waals surface area contributed by atoms with E-state index < -0.39 is 0 Å². The van der Waals surface area contributed by atoms with Crippen LogP contribution in [0.4, 0.5) is 0 Å². The summed E-state index contributed by atoms with van der Waals surface area (Å²) in [6.45, 7) is 2.08. The Balaban J connectivity index is 2.43. The van der Waals surface area contributed by atoms with Crippen LogP contribution in [0.15, 0.2) is 30.5 Å². The van der Waals surface area contributed by atoms with Gasteiger partial charge in [0.05, 0.1) is 20.4 Å². The van der Waals surface area contributed by atoms with Crippen molar-refractivity contribution in [2.75, 3.05) is 0 Å². The van der Waals surface area contributed by atoms with E-state index in [1.807, 2.05) is 6.20 Å². The number of hydrogen-bond donors (Lipinski definition) is 0. The van der Waals surface area contributed by atoms with E-state index in [1.54, 1.807) is 0 Å². The molecule has 0 amide bonds. The number of aryl methyl sites for hydroxylation is 1. The van der Waals surface area contributed by atoms with Crippen LogP contribution in [0.5, 0.6) is 0 Å². The summed E-state index contributed by atoms with van der Waals surface area (Å²) in [6, 6.07) is 8.34. The standard InChI is InChI=1S/C9H9N2P/c1-7-2-4-8(5-3-7)9-6-10-12-11-9/h2-6,12H,1H3. The number of benzene rings is 1. The Morgan fingerprint density at radius 3 is 2.50 bits per heavy atom. The smallest absolute Gasteiger partial charge is 0.0944 e. The van der Waals surface area contributed by atoms with E-state index in [1.165, 1.54) is 5.56 Å². The second-order valence-electron chi connectivity index (χ2n) is 2.72. The van der Waals surface area contributed by atoms with Crippen molar-refractivity contribution in [3.05, 3.63) is 36.0 Å². The molecule has 0 saturated heterocycles. The van der Waals surface area contributed by atoms with Gasteiger partial charge in [-0.25, -0.2) is 9.49 Å². The number of aromatic nitrogens is 2. The van der Waals surface area contributed by atoms with Crippen molar-refractivity contribution in [3.63, 3.8) is 0 Å². The van der Waals surface area contributed by atoms with Gasteiger partial charge in [-0.2, -0.15) is 0 Å². The van der Waals surface area contributed by atoms with Crippen LogP contribution in [0.1, 0.15) is 5.56 Å². The summed E-state index contributed by atoms with van der Waals surface area (Å²) >= 11 is 0. The Bertz CT molecular complexity index is 351. The van der Waals surface area contributed by atoms with Crippen molar-refractivity contribution in [2.24, 2.45) is 0 Å². The van der Waals surface area contributed by atoms with Gasteiger partial charge in [0.2, 0.25) is 0 Å². The summed E-state index contributed by atoms with van der Waals surface area (Å²) in [5.41, 5.74) is 3.44. The molecule has 2 aromatic rings. The lowest BCUT2D eigenvalue weighted by atomic mass is 10.1. The third-order valence-electron chi connectivity index (χ3n) is 1.76. The summed E-state index contributed by atoms with van der Waals surface area (Å²) in [5.74, 6) is 0. The van der Waals surface area contributed by atoms with Gasteiger partial charge >= 0.3 is 0 Å². The molecule has 60 valence electrons. The fraction of sp³-hybridized carbons (Fsp3) is 0.111. The summed E-state index contributed by atoms with van der Waals surface area (Å²) in [5, 5.41) is 0. The highest BCUT2D eigenvalue weighted by Crippen LogP contribution is 2.18. The van der Waals surface area contributed by atoms with Crippen LogP contribution in [-0.2, 0) is 0 Å². The molecule has 1 aromatic carbocycles. The molecule has 0 aliphatic carbocycles. The first-order chi connectivity index (χ1) is 5.86. The third-order valence-corrected chi connectivity index (χ3v) is 2.35. The van der Waals surface area contributed by atoms with Crippen LogP contribution >= 0.6 is 8.51 Å². The minimum absolute atomic E-state index is 0.369. The first-order valence-corrected chi connectivity index (χ1v) is 4.68. The van der Waals surface area contributed by atoms with E-state index in [0.29, 0.717) is 8.51 Å². The van der Waals surface area contributed by atoms with Crippen LogP contribution in [0.25, 0.3) is 11.3 Å². The molecular weight excluding hydrogens is 167 g/mol. The Morgan fingerprint density at radius 1 is 1.17 bits per heavy atom. The van der Waals surface area contributed by atoms with Gasteiger partial charge in [0, 0.05) is 5.56 Å². The number of nitrogens with zero attached hydrogens (tertiary/aromatic N) is 2. The van der Waals surface area contributed by atoms with Gasteiger partial charge in [-0.3, -0.25) is 0 Å². The van der Waals surface area contributed by atoms with E-state index in [0.717, 1.165) is 11.3 Å². The monoisotopic (exact) mass is 176 g/mol. The highest BCUT2D eigenvalue weighted by Gasteiger charge is 1.97. The maximum absolute atomic E-state index is 4.26. The molecule has 1 atom stereocenters. The minimum Gasteiger partial charge on any atom is -0.227 e. The zero-order valence-corrected chi connectivity index (χ0v) is 7.78. The van der Waals surface area contributed by atoms with E-state index in [2.05, 4.69) is 40.7 Å². The van der Waals surface area contributed by atoms with Crippen molar-refractivity contribution in [2.45, 2.75) is 6.92 Å². The topological polar surface area (TPSA) is 25.8 Å². The molecule has 0 spiro atoms. The lowest BCUT2D eigenvalue weighted by Gasteiger charge is -1.95. The molecule has 3 heteroatoms. The predicted octanol–water partition coefficient (Wildman–Crippen LogP) is 2.48. The lowest BCUT2D eigenvalue weighted by Crippen LogP contribution is -1.76. The van der Waals surface area contributed by atoms with Crippen LogP contribution in [0.3, 0.4) is 0 Å². The van der Waals surface area contributed by atoms with Crippen LogP contribution in [0.2, 0.25) is 0 Å². The van der Waals surface area contributed by atoms with E-state index in [-0.39, 0.29) is 0 Å². The largest absolute Gasteiger partial charge is 0.227 e. The summed E-state index contributed by atoms with van der Waals surface area (Å²) < 4.78 is 8.32. The Hall–Kier alpha value is -1.14. The van der Waals surface area contributed by atoms with Crippen molar-refractivity contribution >= 4 is 8.51 Å². The summed E-state index contributed by atoms with van der Waals surface area (Å²) in [7, 11) is 0.369. The second-order valence-corrected chi connectivity index (χ2v) is 3.40. The molecule has 2 nitrogen and oxygen atoms in total. The SMILES string of the molecule is Cc1ccc(-c2cn[pH]n2)cc1. The molecule has 0 radical (unpaired) electrons. The molecule has 0 fully saturated rings. The number of hydrogen-bond acceptors (Lipinski definition) is 2. The van der Waals surface area contributed by atoms with Gasteiger partial charge in [0.25, 0.3) is 0 Å². The van der Waals surface area contributed by atoms with Gasteiger partial charge in [-0.15, -0.1) is 0 Å². The van der Waals surface area contributed by atoms with Crippen molar-refractivity contribution in [1.29, 1.82) is 0 Å². The third kappa shape index (κ3) is 1.39. The molecule has 1 aromatic heterocycles. The molecule has 0 bridgehead atoms. The second kappa shape index (κ2) is 3.08. The zero-order chi connectivity index (χ0) is 8.39. The Labute approximate surface area is 72.9 Å². The quantitative estimate of drug-likeness (QED) is 0.667. The Morgan fingerprint density at radius 2 is 1.92 bits per heavy atom. The van der Waals surface area contributed by atoms with Crippen LogP contribution in [-0.4, -0.2) is 9.49 Å². The molecule has 0 aliphatic rings. The highest BCUT2D eigenvalue weighted by molar-refractivity contribution is 7.20. The predicted molar refractivity (Wildman–Crippen MR) is 51.7 cm³/mol. The van der Waals surface area contributed by atoms with Gasteiger partial charge in [-0.05, 0) is 6.92 Å². The van der Waals surface area contributed by atoms with Crippen molar-refractivity contribution < 1.29 is 0 Å². The molecule has 0 aliphatic heterocycles. The fourth-order valence-corrected chi connectivity index (χ4v) is 1.60. The van der Waals surface area contributed by atoms with Crippen LogP contribution < -0.4 is 0 Å². The lowest BCUT2D eigenvalue weighted by molar-refractivity contribution is 1.44. The average Bonchev–Trinajstić information content (AvgIpc) is 2.58. The molecule has 1 unspecified atom stereocenters. The fourth-order valence-electron chi connectivity index (χ4n) is 1.07. The maximum Gasteiger partial charge on any atom is 0.0944 e. The van der Waals surface area contributed by atoms with Gasteiger partial charge < -0.3 is 0 Å². The Kier molecular flexibility index (Phi) is 1.92. The highest BCUT2D eigenvalue weighted by atomic mass is 31.1. The molecule has 0 saturated carbocycles. The maximum atomic E-state index is 4.26. The van der Waals surface area contributed by atoms with Gasteiger partial charge in [-0.1, -0.05) is 29.8 Å². The number of rotatable bonds is 1. The normalized spacial score (nSPS) is 10.8. The summed E-state index contributed by atoms with van der Waals surface area (Å²) in [4.78, 5) is 0.